The number of halogens is 2. The van der Waals surface area contributed by atoms with E-state index >= 15 is 0 Å². The van der Waals surface area contributed by atoms with Gasteiger partial charge < -0.3 is 15.0 Å². The zero-order valence-corrected chi connectivity index (χ0v) is 27.6. The zero-order valence-electron chi connectivity index (χ0n) is 25.3. The van der Waals surface area contributed by atoms with E-state index in [2.05, 4.69) is 5.32 Å². The van der Waals surface area contributed by atoms with Crippen molar-refractivity contribution in [2.45, 2.75) is 75.9 Å². The number of rotatable bonds is 12. The summed E-state index contributed by atoms with van der Waals surface area (Å²) >= 11 is 12.6. The molecule has 1 saturated carbocycles. The third kappa shape index (κ3) is 8.46. The molecule has 44 heavy (non-hydrogen) atoms. The Morgan fingerprint density at radius 1 is 0.955 bits per heavy atom. The van der Waals surface area contributed by atoms with Crippen LogP contribution in [-0.2, 0) is 26.2 Å². The Morgan fingerprint density at radius 2 is 1.57 bits per heavy atom. The van der Waals surface area contributed by atoms with Crippen molar-refractivity contribution in [3.05, 3.63) is 87.9 Å². The lowest BCUT2D eigenvalue weighted by Crippen LogP contribution is -2.54. The largest absolute Gasteiger partial charge is 0.497 e. The average Bonchev–Trinajstić information content (AvgIpc) is 3.00. The highest BCUT2D eigenvalue weighted by Crippen LogP contribution is 2.30. The van der Waals surface area contributed by atoms with Crippen LogP contribution >= 0.6 is 23.2 Å². The lowest BCUT2D eigenvalue weighted by Gasteiger charge is -2.34. The standard InChI is InChI=1S/C33H39Cl2N3O5S/c1-4-31(33(40)36-27-8-6-5-7-9-27)37(21-24-12-14-29(43-3)15-13-24)32(39)22-38(28-19-25(34)18-26(35)20-28)44(41,42)30-16-10-23(2)11-17-30/h10-20,27,31H,4-9,21-22H2,1-3H3,(H,36,40)/t31-/m1/s1. The number of carbonyl (C=O) groups excluding carboxylic acids is 2. The summed E-state index contributed by atoms with van der Waals surface area (Å²) in [6, 6.07) is 17.2. The number of ether oxygens (including phenoxy) is 1. The van der Waals surface area contributed by atoms with Gasteiger partial charge in [-0.15, -0.1) is 0 Å². The number of methoxy groups -OCH3 is 1. The van der Waals surface area contributed by atoms with Gasteiger partial charge in [0.05, 0.1) is 17.7 Å². The molecule has 1 N–H and O–H groups in total. The lowest BCUT2D eigenvalue weighted by atomic mass is 9.95. The highest BCUT2D eigenvalue weighted by molar-refractivity contribution is 7.92. The molecule has 8 nitrogen and oxygen atoms in total. The summed E-state index contributed by atoms with van der Waals surface area (Å²) < 4.78 is 34.4. The monoisotopic (exact) mass is 659 g/mol. The maximum atomic E-state index is 14.3. The van der Waals surface area contributed by atoms with Gasteiger partial charge in [-0.2, -0.15) is 0 Å². The lowest BCUT2D eigenvalue weighted by molar-refractivity contribution is -0.140. The van der Waals surface area contributed by atoms with Crippen LogP contribution in [0, 0.1) is 6.92 Å². The topological polar surface area (TPSA) is 96.0 Å². The van der Waals surface area contributed by atoms with E-state index in [0.29, 0.717) is 12.2 Å². The van der Waals surface area contributed by atoms with Gasteiger partial charge in [-0.1, -0.05) is 79.2 Å². The molecule has 3 aromatic carbocycles. The fraction of sp³-hybridized carbons (Fsp3) is 0.394. The average molecular weight is 661 g/mol. The van der Waals surface area contributed by atoms with Gasteiger partial charge in [0.15, 0.2) is 0 Å². The molecular formula is C33H39Cl2N3O5S. The number of aryl methyl sites for hydroxylation is 1. The Bertz CT molecular complexity index is 1520. The summed E-state index contributed by atoms with van der Waals surface area (Å²) in [7, 11) is -2.67. The summed E-state index contributed by atoms with van der Waals surface area (Å²) in [5.41, 5.74) is 1.79. The van der Waals surface area contributed by atoms with Crippen LogP contribution in [0.2, 0.25) is 10.0 Å². The number of nitrogens with zero attached hydrogens (tertiary/aromatic N) is 2. The minimum atomic E-state index is -4.24. The highest BCUT2D eigenvalue weighted by Gasteiger charge is 2.34. The van der Waals surface area contributed by atoms with E-state index in [1.54, 1.807) is 31.4 Å². The number of hydrogen-bond acceptors (Lipinski definition) is 5. The smallest absolute Gasteiger partial charge is 0.264 e. The number of nitrogens with one attached hydrogen (secondary N) is 1. The van der Waals surface area contributed by atoms with Crippen molar-refractivity contribution in [2.75, 3.05) is 18.0 Å². The SMILES string of the molecule is CC[C@H](C(=O)NC1CCCCC1)N(Cc1ccc(OC)cc1)C(=O)CN(c1cc(Cl)cc(Cl)c1)S(=O)(=O)c1ccc(C)cc1. The number of amides is 2. The van der Waals surface area contributed by atoms with Crippen LogP contribution < -0.4 is 14.4 Å². The van der Waals surface area contributed by atoms with Crippen molar-refractivity contribution in [2.24, 2.45) is 0 Å². The van der Waals surface area contributed by atoms with Crippen LogP contribution in [0.5, 0.6) is 5.75 Å². The first-order chi connectivity index (χ1) is 21.0. The van der Waals surface area contributed by atoms with Crippen molar-refractivity contribution in [3.63, 3.8) is 0 Å². The Hall–Kier alpha value is -3.27. The predicted molar refractivity (Wildman–Crippen MR) is 175 cm³/mol. The molecule has 0 spiro atoms. The van der Waals surface area contributed by atoms with E-state index < -0.39 is 28.5 Å². The fourth-order valence-electron chi connectivity index (χ4n) is 5.44. The third-order valence-corrected chi connectivity index (χ3v) is 10.1. The van der Waals surface area contributed by atoms with Crippen molar-refractivity contribution < 1.29 is 22.7 Å². The van der Waals surface area contributed by atoms with E-state index in [4.69, 9.17) is 27.9 Å². The summed E-state index contributed by atoms with van der Waals surface area (Å²) in [5, 5.41) is 3.59. The second kappa shape index (κ2) is 15.1. The molecule has 2 amide bonds. The van der Waals surface area contributed by atoms with Gasteiger partial charge in [-0.3, -0.25) is 13.9 Å². The number of sulfonamides is 1. The molecule has 0 bridgehead atoms. The quantitative estimate of drug-likeness (QED) is 0.232. The molecule has 1 aliphatic rings. The third-order valence-electron chi connectivity index (χ3n) is 7.87. The van der Waals surface area contributed by atoms with Crippen molar-refractivity contribution in [3.8, 4) is 5.75 Å². The molecule has 236 valence electrons. The van der Waals surface area contributed by atoms with E-state index in [9.17, 15) is 18.0 Å². The highest BCUT2D eigenvalue weighted by atomic mass is 35.5. The van der Waals surface area contributed by atoms with Gasteiger partial charge >= 0.3 is 0 Å². The normalized spacial score (nSPS) is 14.5. The van der Waals surface area contributed by atoms with E-state index in [1.807, 2.05) is 26.0 Å². The van der Waals surface area contributed by atoms with Crippen molar-refractivity contribution in [1.82, 2.24) is 10.2 Å². The van der Waals surface area contributed by atoms with Crippen LogP contribution in [-0.4, -0.2) is 50.9 Å². The molecule has 0 aromatic heterocycles. The first-order valence-corrected chi connectivity index (χ1v) is 17.0. The fourth-order valence-corrected chi connectivity index (χ4v) is 7.35. The van der Waals surface area contributed by atoms with Gasteiger partial charge in [0.25, 0.3) is 10.0 Å². The van der Waals surface area contributed by atoms with Gasteiger partial charge in [-0.25, -0.2) is 8.42 Å². The number of carbonyl (C=O) groups is 2. The van der Waals surface area contributed by atoms with Crippen LogP contribution in [0.4, 0.5) is 5.69 Å². The minimum absolute atomic E-state index is 0.00999. The summed E-state index contributed by atoms with van der Waals surface area (Å²) in [6.07, 6.45) is 5.37. The second-order valence-corrected chi connectivity index (χ2v) is 13.8. The molecule has 0 unspecified atom stereocenters. The summed E-state index contributed by atoms with van der Waals surface area (Å²) in [4.78, 5) is 29.5. The molecule has 0 heterocycles. The summed E-state index contributed by atoms with van der Waals surface area (Å²) in [6.45, 7) is 3.22. The molecule has 0 aliphatic heterocycles. The van der Waals surface area contributed by atoms with Gasteiger partial charge in [0.1, 0.15) is 18.3 Å². The van der Waals surface area contributed by atoms with Crippen molar-refractivity contribution in [1.29, 1.82) is 0 Å². The molecule has 1 atom stereocenters. The molecule has 1 aliphatic carbocycles. The maximum absolute atomic E-state index is 14.3. The van der Waals surface area contributed by atoms with E-state index in [1.165, 1.54) is 35.2 Å². The van der Waals surface area contributed by atoms with Gasteiger partial charge in [0, 0.05) is 22.6 Å². The molecule has 1 fully saturated rings. The van der Waals surface area contributed by atoms with E-state index in [0.717, 1.165) is 47.5 Å². The Kier molecular flexibility index (Phi) is 11.6. The molecule has 0 radical (unpaired) electrons. The first kappa shape index (κ1) is 33.6. The van der Waals surface area contributed by atoms with Crippen molar-refractivity contribution >= 4 is 50.7 Å². The van der Waals surface area contributed by atoms with E-state index in [-0.39, 0.29) is 39.1 Å². The zero-order chi connectivity index (χ0) is 31.9. The van der Waals surface area contributed by atoms with Crippen LogP contribution in [0.15, 0.2) is 71.6 Å². The Morgan fingerprint density at radius 3 is 2.14 bits per heavy atom. The molecule has 0 saturated heterocycles. The Balaban J connectivity index is 1.73. The first-order valence-electron chi connectivity index (χ1n) is 14.8. The number of hydrogen-bond donors (Lipinski definition) is 1. The van der Waals surface area contributed by atoms with Crippen LogP contribution in [0.3, 0.4) is 0 Å². The maximum Gasteiger partial charge on any atom is 0.264 e. The van der Waals surface area contributed by atoms with Crippen LogP contribution in [0.25, 0.3) is 0 Å². The molecule has 4 rings (SSSR count). The second-order valence-electron chi connectivity index (χ2n) is 11.1. The minimum Gasteiger partial charge on any atom is -0.497 e. The van der Waals surface area contributed by atoms with Gasteiger partial charge in [0.2, 0.25) is 11.8 Å². The predicted octanol–water partition coefficient (Wildman–Crippen LogP) is 6.76. The number of benzene rings is 3. The molecular weight excluding hydrogens is 621 g/mol. The molecule has 3 aromatic rings. The van der Waals surface area contributed by atoms with Crippen LogP contribution in [0.1, 0.15) is 56.6 Å². The molecule has 11 heteroatoms. The Labute approximate surface area is 270 Å². The van der Waals surface area contributed by atoms with Gasteiger partial charge in [-0.05, 0) is 74.2 Å². The number of anilines is 1. The summed E-state index contributed by atoms with van der Waals surface area (Å²) in [5.74, 6) is -0.139.